The van der Waals surface area contributed by atoms with E-state index in [9.17, 15) is 0 Å². The van der Waals surface area contributed by atoms with Crippen molar-refractivity contribution in [2.45, 2.75) is 19.9 Å². The van der Waals surface area contributed by atoms with Gasteiger partial charge in [0.15, 0.2) is 0 Å². The zero-order valence-corrected chi connectivity index (χ0v) is 12.0. The van der Waals surface area contributed by atoms with Crippen LogP contribution in [0.3, 0.4) is 0 Å². The van der Waals surface area contributed by atoms with Crippen molar-refractivity contribution in [1.29, 1.82) is 0 Å². The van der Waals surface area contributed by atoms with Crippen LogP contribution in [0, 0.1) is 5.92 Å². The summed E-state index contributed by atoms with van der Waals surface area (Å²) in [6.07, 6.45) is 5.05. The number of nitrogens with zero attached hydrogens (tertiary/aromatic N) is 3. The van der Waals surface area contributed by atoms with Crippen LogP contribution in [0.4, 0.5) is 0 Å². The van der Waals surface area contributed by atoms with Gasteiger partial charge >= 0.3 is 0 Å². The van der Waals surface area contributed by atoms with Crippen LogP contribution in [0.2, 0.25) is 0 Å². The van der Waals surface area contributed by atoms with Gasteiger partial charge in [0.2, 0.25) is 0 Å². The molecule has 0 radical (unpaired) electrons. The SMILES string of the molecule is CC(CN)CN1CCCN(Cc2cccnc2)CC1. The smallest absolute Gasteiger partial charge is 0.0312 e. The Bertz CT molecular complexity index is 354. The molecule has 1 saturated heterocycles. The Morgan fingerprint density at radius 1 is 1.26 bits per heavy atom. The minimum Gasteiger partial charge on any atom is -0.330 e. The normalized spacial score (nSPS) is 20.1. The van der Waals surface area contributed by atoms with Crippen LogP contribution in [-0.4, -0.2) is 54.1 Å². The van der Waals surface area contributed by atoms with E-state index in [1.807, 2.05) is 18.5 Å². The molecule has 0 bridgehead atoms. The molecule has 0 aliphatic carbocycles. The summed E-state index contributed by atoms with van der Waals surface area (Å²) in [7, 11) is 0. The van der Waals surface area contributed by atoms with Gasteiger partial charge in [0.25, 0.3) is 0 Å². The maximum atomic E-state index is 5.71. The molecule has 2 rings (SSSR count). The number of aromatic nitrogens is 1. The second kappa shape index (κ2) is 7.58. The molecule has 4 nitrogen and oxygen atoms in total. The number of hydrogen-bond acceptors (Lipinski definition) is 4. The highest BCUT2D eigenvalue weighted by Crippen LogP contribution is 2.09. The van der Waals surface area contributed by atoms with E-state index >= 15 is 0 Å². The Morgan fingerprint density at radius 3 is 2.79 bits per heavy atom. The maximum Gasteiger partial charge on any atom is 0.0312 e. The first-order valence-corrected chi connectivity index (χ1v) is 7.31. The van der Waals surface area contributed by atoms with Crippen molar-refractivity contribution in [1.82, 2.24) is 14.8 Å². The Labute approximate surface area is 116 Å². The second-order valence-electron chi connectivity index (χ2n) is 5.63. The van der Waals surface area contributed by atoms with Crippen molar-refractivity contribution in [3.8, 4) is 0 Å². The van der Waals surface area contributed by atoms with Gasteiger partial charge in [-0.15, -0.1) is 0 Å². The van der Waals surface area contributed by atoms with Crippen LogP contribution < -0.4 is 5.73 Å². The summed E-state index contributed by atoms with van der Waals surface area (Å²) in [5, 5.41) is 0. The van der Waals surface area contributed by atoms with Gasteiger partial charge in [-0.2, -0.15) is 0 Å². The monoisotopic (exact) mass is 262 g/mol. The van der Waals surface area contributed by atoms with Gasteiger partial charge in [0.1, 0.15) is 0 Å². The fourth-order valence-corrected chi connectivity index (χ4v) is 2.63. The third-order valence-corrected chi connectivity index (χ3v) is 3.78. The minimum atomic E-state index is 0.602. The molecule has 0 amide bonds. The van der Waals surface area contributed by atoms with Crippen LogP contribution in [0.5, 0.6) is 0 Å². The number of hydrogen-bond donors (Lipinski definition) is 1. The summed E-state index contributed by atoms with van der Waals surface area (Å²) < 4.78 is 0. The summed E-state index contributed by atoms with van der Waals surface area (Å²) >= 11 is 0. The molecule has 1 aromatic rings. The largest absolute Gasteiger partial charge is 0.330 e. The van der Waals surface area contributed by atoms with Gasteiger partial charge in [-0.1, -0.05) is 13.0 Å². The Kier molecular flexibility index (Phi) is 5.76. The Hall–Kier alpha value is -0.970. The molecule has 1 aliphatic rings. The maximum absolute atomic E-state index is 5.71. The molecule has 0 spiro atoms. The van der Waals surface area contributed by atoms with Crippen molar-refractivity contribution >= 4 is 0 Å². The molecule has 106 valence electrons. The first-order valence-electron chi connectivity index (χ1n) is 7.31. The molecule has 4 heteroatoms. The molecule has 1 aromatic heterocycles. The first-order chi connectivity index (χ1) is 9.28. The van der Waals surface area contributed by atoms with E-state index < -0.39 is 0 Å². The molecular weight excluding hydrogens is 236 g/mol. The summed E-state index contributed by atoms with van der Waals surface area (Å²) in [6, 6.07) is 4.18. The predicted octanol–water partition coefficient (Wildman–Crippen LogP) is 1.18. The second-order valence-corrected chi connectivity index (χ2v) is 5.63. The molecule has 1 aliphatic heterocycles. The van der Waals surface area contributed by atoms with Crippen molar-refractivity contribution in [2.75, 3.05) is 39.3 Å². The topological polar surface area (TPSA) is 45.4 Å². The molecule has 2 heterocycles. The van der Waals surface area contributed by atoms with Crippen molar-refractivity contribution in [3.63, 3.8) is 0 Å². The van der Waals surface area contributed by atoms with Gasteiger partial charge in [-0.25, -0.2) is 0 Å². The third kappa shape index (κ3) is 4.90. The van der Waals surface area contributed by atoms with E-state index in [1.54, 1.807) is 0 Å². The van der Waals surface area contributed by atoms with Crippen molar-refractivity contribution < 1.29 is 0 Å². The molecule has 1 atom stereocenters. The van der Waals surface area contributed by atoms with Crippen LogP contribution in [-0.2, 0) is 6.54 Å². The third-order valence-electron chi connectivity index (χ3n) is 3.78. The average Bonchev–Trinajstić information content (AvgIpc) is 2.65. The van der Waals surface area contributed by atoms with Crippen molar-refractivity contribution in [3.05, 3.63) is 30.1 Å². The van der Waals surface area contributed by atoms with E-state index in [0.717, 1.165) is 32.7 Å². The number of rotatable bonds is 5. The predicted molar refractivity (Wildman–Crippen MR) is 78.8 cm³/mol. The van der Waals surface area contributed by atoms with E-state index in [1.165, 1.54) is 25.1 Å². The van der Waals surface area contributed by atoms with E-state index in [4.69, 9.17) is 5.73 Å². The molecule has 2 N–H and O–H groups in total. The van der Waals surface area contributed by atoms with Crippen LogP contribution in [0.15, 0.2) is 24.5 Å². The Balaban J connectivity index is 1.80. The summed E-state index contributed by atoms with van der Waals surface area (Å²) in [6.45, 7) is 9.87. The molecule has 0 aromatic carbocycles. The van der Waals surface area contributed by atoms with Crippen LogP contribution in [0.1, 0.15) is 18.9 Å². The zero-order valence-electron chi connectivity index (χ0n) is 12.0. The highest BCUT2D eigenvalue weighted by molar-refractivity contribution is 5.08. The quantitative estimate of drug-likeness (QED) is 0.865. The van der Waals surface area contributed by atoms with E-state index in [0.29, 0.717) is 5.92 Å². The van der Waals surface area contributed by atoms with Crippen LogP contribution >= 0.6 is 0 Å². The molecule has 0 saturated carbocycles. The molecular formula is C15H26N4. The van der Waals surface area contributed by atoms with Gasteiger partial charge in [-0.3, -0.25) is 9.88 Å². The lowest BCUT2D eigenvalue weighted by Gasteiger charge is -2.24. The molecule has 1 fully saturated rings. The fourth-order valence-electron chi connectivity index (χ4n) is 2.63. The van der Waals surface area contributed by atoms with Gasteiger partial charge in [-0.05, 0) is 43.6 Å². The highest BCUT2D eigenvalue weighted by atomic mass is 15.2. The highest BCUT2D eigenvalue weighted by Gasteiger charge is 2.16. The number of nitrogens with two attached hydrogens (primary N) is 1. The lowest BCUT2D eigenvalue weighted by Crippen LogP contribution is -2.35. The minimum absolute atomic E-state index is 0.602. The number of pyridine rings is 1. The van der Waals surface area contributed by atoms with Gasteiger partial charge < -0.3 is 10.6 Å². The van der Waals surface area contributed by atoms with Crippen molar-refractivity contribution in [2.24, 2.45) is 11.7 Å². The van der Waals surface area contributed by atoms with E-state index in [-0.39, 0.29) is 0 Å². The zero-order chi connectivity index (χ0) is 13.5. The lowest BCUT2D eigenvalue weighted by atomic mass is 10.1. The summed E-state index contributed by atoms with van der Waals surface area (Å²) in [5.74, 6) is 0.602. The van der Waals surface area contributed by atoms with Gasteiger partial charge in [0, 0.05) is 38.6 Å². The van der Waals surface area contributed by atoms with Crippen LogP contribution in [0.25, 0.3) is 0 Å². The molecule has 19 heavy (non-hydrogen) atoms. The fraction of sp³-hybridized carbons (Fsp3) is 0.667. The summed E-state index contributed by atoms with van der Waals surface area (Å²) in [4.78, 5) is 9.28. The molecule has 1 unspecified atom stereocenters. The van der Waals surface area contributed by atoms with E-state index in [2.05, 4.69) is 27.8 Å². The first kappa shape index (κ1) is 14.4. The standard InChI is InChI=1S/C15H26N4/c1-14(10-16)12-18-6-3-7-19(9-8-18)13-15-4-2-5-17-11-15/h2,4-5,11,14H,3,6-10,12-13,16H2,1H3. The summed E-state index contributed by atoms with van der Waals surface area (Å²) in [5.41, 5.74) is 7.03. The average molecular weight is 262 g/mol. The van der Waals surface area contributed by atoms with Gasteiger partial charge in [0.05, 0.1) is 0 Å². The lowest BCUT2D eigenvalue weighted by molar-refractivity contribution is 0.232. The Morgan fingerprint density at radius 2 is 2.05 bits per heavy atom.